The highest BCUT2D eigenvalue weighted by Crippen LogP contribution is 2.20. The highest BCUT2D eigenvalue weighted by atomic mass is 35.5. The maximum atomic E-state index is 13.1. The summed E-state index contributed by atoms with van der Waals surface area (Å²) in [6.45, 7) is 2.09. The Balaban J connectivity index is 1.48. The number of aryl methyl sites for hydroxylation is 1. The predicted molar refractivity (Wildman–Crippen MR) is 107 cm³/mol. The largest absolute Gasteiger partial charge is 0.347 e. The lowest BCUT2D eigenvalue weighted by atomic mass is 10.2. The van der Waals surface area contributed by atoms with E-state index in [1.165, 1.54) is 24.5 Å². The van der Waals surface area contributed by atoms with Gasteiger partial charge in [0.05, 0.1) is 0 Å². The highest BCUT2D eigenvalue weighted by molar-refractivity contribution is 6.31. The number of halogens is 2. The molecule has 0 atom stereocenters. The van der Waals surface area contributed by atoms with Crippen LogP contribution < -0.4 is 5.32 Å². The molecule has 1 N–H and O–H groups in total. The maximum absolute atomic E-state index is 13.1. The molecule has 3 heterocycles. The van der Waals surface area contributed by atoms with E-state index in [0.717, 1.165) is 0 Å². The third kappa shape index (κ3) is 4.20. The molecule has 0 saturated carbocycles. The Hall–Kier alpha value is -3.59. The van der Waals surface area contributed by atoms with Crippen molar-refractivity contribution in [2.75, 3.05) is 0 Å². The maximum Gasteiger partial charge on any atom is 0.271 e. The van der Waals surface area contributed by atoms with Crippen LogP contribution in [0.4, 0.5) is 4.39 Å². The fraction of sp³-hybridized carbons (Fsp3) is 0.150. The summed E-state index contributed by atoms with van der Waals surface area (Å²) in [4.78, 5) is 25.1. The van der Waals surface area contributed by atoms with E-state index in [0.29, 0.717) is 35.1 Å². The van der Waals surface area contributed by atoms with Crippen molar-refractivity contribution in [3.05, 3.63) is 77.0 Å². The van der Waals surface area contributed by atoms with Gasteiger partial charge in [0.1, 0.15) is 23.7 Å². The van der Waals surface area contributed by atoms with E-state index in [4.69, 9.17) is 16.1 Å². The molecular formula is C20H16ClFN6O2. The summed E-state index contributed by atoms with van der Waals surface area (Å²) < 4.78 is 20.0. The first-order chi connectivity index (χ1) is 14.5. The Morgan fingerprint density at radius 1 is 1.27 bits per heavy atom. The molecular weight excluding hydrogens is 411 g/mol. The molecule has 1 amide bonds. The molecule has 0 radical (unpaired) electrons. The minimum Gasteiger partial charge on any atom is -0.347 e. The average Bonchev–Trinajstić information content (AvgIpc) is 3.43. The van der Waals surface area contributed by atoms with Crippen molar-refractivity contribution < 1.29 is 13.7 Å². The Morgan fingerprint density at radius 2 is 2.13 bits per heavy atom. The zero-order valence-corrected chi connectivity index (χ0v) is 16.6. The molecule has 0 saturated heterocycles. The van der Waals surface area contributed by atoms with Crippen LogP contribution in [0.5, 0.6) is 0 Å². The zero-order valence-electron chi connectivity index (χ0n) is 15.8. The third-order valence-corrected chi connectivity index (χ3v) is 4.66. The molecule has 10 heteroatoms. The quantitative estimate of drug-likeness (QED) is 0.505. The summed E-state index contributed by atoms with van der Waals surface area (Å²) in [6, 6.07) is 7.52. The molecule has 1 aromatic carbocycles. The van der Waals surface area contributed by atoms with Gasteiger partial charge in [-0.05, 0) is 29.8 Å². The number of benzene rings is 1. The van der Waals surface area contributed by atoms with Gasteiger partial charge in [0.15, 0.2) is 5.82 Å². The van der Waals surface area contributed by atoms with Gasteiger partial charge in [-0.15, -0.1) is 0 Å². The molecule has 30 heavy (non-hydrogen) atoms. The van der Waals surface area contributed by atoms with Crippen LogP contribution in [0.15, 0.2) is 53.6 Å². The molecule has 0 spiro atoms. The van der Waals surface area contributed by atoms with Gasteiger partial charge in [-0.1, -0.05) is 29.7 Å². The van der Waals surface area contributed by atoms with Crippen LogP contribution in [0.2, 0.25) is 5.02 Å². The average molecular weight is 427 g/mol. The van der Waals surface area contributed by atoms with E-state index in [1.54, 1.807) is 29.1 Å². The van der Waals surface area contributed by atoms with Crippen molar-refractivity contribution in [1.82, 2.24) is 30.0 Å². The standard InChI is InChI=1S/C20H16ClFN6O2/c1-2-17-26-20(30-27-17)12-5-6-23-18(7-12)28-10-16(25-11-28)19(29)24-9-13-3-4-14(22)8-15(13)21/h3-8,10-11H,2,9H2,1H3,(H,24,29). The number of pyridine rings is 1. The number of nitrogens with zero attached hydrogens (tertiary/aromatic N) is 5. The minimum absolute atomic E-state index is 0.148. The fourth-order valence-corrected chi connectivity index (χ4v) is 2.94. The van der Waals surface area contributed by atoms with Gasteiger partial charge < -0.3 is 9.84 Å². The summed E-state index contributed by atoms with van der Waals surface area (Å²) in [5, 5.41) is 6.84. The lowest BCUT2D eigenvalue weighted by Crippen LogP contribution is -2.23. The van der Waals surface area contributed by atoms with Gasteiger partial charge in [-0.3, -0.25) is 9.36 Å². The molecule has 152 valence electrons. The van der Waals surface area contributed by atoms with Crippen molar-refractivity contribution in [2.24, 2.45) is 0 Å². The number of aromatic nitrogens is 5. The second kappa shape index (κ2) is 8.42. The molecule has 3 aromatic heterocycles. The number of nitrogens with one attached hydrogen (secondary N) is 1. The Kier molecular flexibility index (Phi) is 5.53. The molecule has 0 aliphatic heterocycles. The normalized spacial score (nSPS) is 10.9. The van der Waals surface area contributed by atoms with Crippen molar-refractivity contribution in [3.8, 4) is 17.3 Å². The van der Waals surface area contributed by atoms with Crippen molar-refractivity contribution in [1.29, 1.82) is 0 Å². The summed E-state index contributed by atoms with van der Waals surface area (Å²) in [6.07, 6.45) is 5.32. The minimum atomic E-state index is -0.435. The monoisotopic (exact) mass is 426 g/mol. The van der Waals surface area contributed by atoms with E-state index >= 15 is 0 Å². The smallest absolute Gasteiger partial charge is 0.271 e. The first-order valence-electron chi connectivity index (χ1n) is 9.09. The van der Waals surface area contributed by atoms with E-state index in [1.807, 2.05) is 6.92 Å². The Labute approximate surface area is 175 Å². The van der Waals surface area contributed by atoms with Gasteiger partial charge in [0.2, 0.25) is 0 Å². The number of carbonyl (C=O) groups excluding carboxylic acids is 1. The van der Waals surface area contributed by atoms with E-state index in [-0.39, 0.29) is 17.3 Å². The topological polar surface area (TPSA) is 98.7 Å². The summed E-state index contributed by atoms with van der Waals surface area (Å²) >= 11 is 5.98. The molecule has 0 unspecified atom stereocenters. The molecule has 0 fully saturated rings. The fourth-order valence-electron chi connectivity index (χ4n) is 2.70. The molecule has 4 rings (SSSR count). The van der Waals surface area contributed by atoms with Crippen LogP contribution in [0.25, 0.3) is 17.3 Å². The van der Waals surface area contributed by atoms with Gasteiger partial charge in [0, 0.05) is 35.9 Å². The van der Waals surface area contributed by atoms with Gasteiger partial charge in [-0.25, -0.2) is 14.4 Å². The van der Waals surface area contributed by atoms with E-state index in [9.17, 15) is 9.18 Å². The first kappa shape index (κ1) is 19.7. The Morgan fingerprint density at radius 3 is 2.90 bits per heavy atom. The van der Waals surface area contributed by atoms with Crippen molar-refractivity contribution >= 4 is 17.5 Å². The summed E-state index contributed by atoms with van der Waals surface area (Å²) in [5.41, 5.74) is 1.51. The number of hydrogen-bond donors (Lipinski definition) is 1. The number of hydrogen-bond acceptors (Lipinski definition) is 6. The SMILES string of the molecule is CCc1noc(-c2ccnc(-n3cnc(C(=O)NCc4ccc(F)cc4Cl)c3)c2)n1. The van der Waals surface area contributed by atoms with Crippen LogP contribution in [-0.2, 0) is 13.0 Å². The molecule has 8 nitrogen and oxygen atoms in total. The highest BCUT2D eigenvalue weighted by Gasteiger charge is 2.13. The number of rotatable bonds is 6. The molecule has 0 aliphatic rings. The predicted octanol–water partition coefficient (Wildman–Crippen LogP) is 3.60. The summed E-state index contributed by atoms with van der Waals surface area (Å²) in [5.74, 6) is 0.720. The zero-order chi connectivity index (χ0) is 21.1. The van der Waals surface area contributed by atoms with Crippen LogP contribution >= 0.6 is 11.6 Å². The first-order valence-corrected chi connectivity index (χ1v) is 9.47. The number of carbonyl (C=O) groups is 1. The van der Waals surface area contributed by atoms with Crippen molar-refractivity contribution in [2.45, 2.75) is 19.9 Å². The van der Waals surface area contributed by atoms with E-state index < -0.39 is 11.7 Å². The summed E-state index contributed by atoms with van der Waals surface area (Å²) in [7, 11) is 0. The molecule has 4 aromatic rings. The van der Waals surface area contributed by atoms with Crippen LogP contribution in [0, 0.1) is 5.82 Å². The van der Waals surface area contributed by atoms with Gasteiger partial charge in [0.25, 0.3) is 11.8 Å². The second-order valence-electron chi connectivity index (χ2n) is 6.36. The van der Waals surface area contributed by atoms with Crippen LogP contribution in [0.3, 0.4) is 0 Å². The van der Waals surface area contributed by atoms with Crippen LogP contribution in [0.1, 0.15) is 28.8 Å². The van der Waals surface area contributed by atoms with Crippen LogP contribution in [-0.4, -0.2) is 30.6 Å². The van der Waals surface area contributed by atoms with E-state index in [2.05, 4.69) is 25.4 Å². The van der Waals surface area contributed by atoms with Gasteiger partial charge >= 0.3 is 0 Å². The second-order valence-corrected chi connectivity index (χ2v) is 6.76. The Bertz CT molecular complexity index is 1210. The van der Waals surface area contributed by atoms with Gasteiger partial charge in [-0.2, -0.15) is 4.98 Å². The lowest BCUT2D eigenvalue weighted by molar-refractivity contribution is 0.0946. The third-order valence-electron chi connectivity index (χ3n) is 4.31. The molecule has 0 aliphatic carbocycles. The molecule has 0 bridgehead atoms. The number of amides is 1. The van der Waals surface area contributed by atoms with Crippen molar-refractivity contribution in [3.63, 3.8) is 0 Å². The lowest BCUT2D eigenvalue weighted by Gasteiger charge is -2.06. The number of imidazole rings is 1.